The summed E-state index contributed by atoms with van der Waals surface area (Å²) in [4.78, 5) is 13.4. The molecule has 0 aromatic heterocycles. The molecule has 0 aliphatic heterocycles. The van der Waals surface area contributed by atoms with Crippen molar-refractivity contribution in [2.75, 3.05) is 18.1 Å². The highest BCUT2D eigenvalue weighted by atomic mass is 16.5. The van der Waals surface area contributed by atoms with Gasteiger partial charge in [-0.1, -0.05) is 33.8 Å². The van der Waals surface area contributed by atoms with Crippen LogP contribution in [0.4, 0.5) is 11.4 Å². The van der Waals surface area contributed by atoms with E-state index in [1.807, 2.05) is 19.1 Å². The minimum atomic E-state index is -0.915. The molecule has 1 N–H and O–H groups in total. The summed E-state index contributed by atoms with van der Waals surface area (Å²) in [6.07, 6.45) is 3.40. The van der Waals surface area contributed by atoms with Crippen LogP contribution in [0.1, 0.15) is 69.4 Å². The highest BCUT2D eigenvalue weighted by Gasteiger charge is 2.31. The van der Waals surface area contributed by atoms with Gasteiger partial charge in [0.1, 0.15) is 5.75 Å². The van der Waals surface area contributed by atoms with Crippen molar-refractivity contribution in [2.45, 2.75) is 53.4 Å². The van der Waals surface area contributed by atoms with Gasteiger partial charge in [0.05, 0.1) is 17.9 Å². The second-order valence-corrected chi connectivity index (χ2v) is 8.80. The molecule has 0 saturated heterocycles. The molecular weight excluding hydrogens is 374 g/mol. The average molecular weight is 408 g/mol. The van der Waals surface area contributed by atoms with Gasteiger partial charge in [0.2, 0.25) is 0 Å². The molecule has 0 atom stereocenters. The van der Waals surface area contributed by atoms with Crippen molar-refractivity contribution in [3.63, 3.8) is 0 Å². The Morgan fingerprint density at radius 3 is 2.37 bits per heavy atom. The van der Waals surface area contributed by atoms with Crippen LogP contribution in [0.15, 0.2) is 42.5 Å². The van der Waals surface area contributed by atoms with E-state index in [4.69, 9.17) is 4.74 Å². The molecule has 0 heterocycles. The Morgan fingerprint density at radius 1 is 1.17 bits per heavy atom. The zero-order valence-corrected chi connectivity index (χ0v) is 19.0. The lowest BCUT2D eigenvalue weighted by atomic mass is 9.71. The van der Waals surface area contributed by atoms with Gasteiger partial charge in [0, 0.05) is 12.2 Å². The molecule has 0 saturated carbocycles. The molecule has 2 aromatic carbocycles. The third-order valence-electron chi connectivity index (χ3n) is 5.93. The fraction of sp³-hybridized carbons (Fsp3) is 0.423. The van der Waals surface area contributed by atoms with Gasteiger partial charge in [-0.05, 0) is 84.7 Å². The molecule has 4 heteroatoms. The van der Waals surface area contributed by atoms with E-state index >= 15 is 0 Å². The van der Waals surface area contributed by atoms with Crippen LogP contribution in [0, 0.1) is 5.92 Å². The number of carboxylic acid groups (broad SMARTS) is 1. The molecule has 0 amide bonds. The van der Waals surface area contributed by atoms with Crippen molar-refractivity contribution in [2.24, 2.45) is 5.92 Å². The molecule has 0 bridgehead atoms. The molecule has 0 unspecified atom stereocenters. The van der Waals surface area contributed by atoms with Gasteiger partial charge < -0.3 is 14.7 Å². The van der Waals surface area contributed by atoms with Gasteiger partial charge in [-0.3, -0.25) is 0 Å². The van der Waals surface area contributed by atoms with Gasteiger partial charge in [0.15, 0.2) is 0 Å². The third-order valence-corrected chi connectivity index (χ3v) is 5.93. The summed E-state index contributed by atoms with van der Waals surface area (Å²) >= 11 is 0. The van der Waals surface area contributed by atoms with E-state index < -0.39 is 5.97 Å². The first-order valence-corrected chi connectivity index (χ1v) is 10.8. The number of hydrogen-bond donors (Lipinski definition) is 1. The normalized spacial score (nSPS) is 14.8. The van der Waals surface area contributed by atoms with Gasteiger partial charge >= 0.3 is 5.97 Å². The first-order chi connectivity index (χ1) is 14.2. The average Bonchev–Trinajstić information content (AvgIpc) is 2.69. The second-order valence-electron chi connectivity index (χ2n) is 8.80. The van der Waals surface area contributed by atoms with E-state index in [2.05, 4.69) is 57.7 Å². The van der Waals surface area contributed by atoms with Crippen molar-refractivity contribution in [3.8, 4) is 5.75 Å². The van der Waals surface area contributed by atoms with Crippen molar-refractivity contribution in [1.29, 1.82) is 0 Å². The minimum absolute atomic E-state index is 0.0539. The Morgan fingerprint density at radius 2 is 1.83 bits per heavy atom. The molecular formula is C26H33NO3. The Balaban J connectivity index is 2.18. The fourth-order valence-electron chi connectivity index (χ4n) is 4.26. The number of ether oxygens (including phenoxy) is 1. The number of benzene rings is 2. The van der Waals surface area contributed by atoms with E-state index in [-0.39, 0.29) is 11.0 Å². The first kappa shape index (κ1) is 21.9. The lowest BCUT2D eigenvalue weighted by Crippen LogP contribution is -2.24. The lowest BCUT2D eigenvalue weighted by Gasteiger charge is -2.36. The van der Waals surface area contributed by atoms with E-state index in [1.54, 1.807) is 12.1 Å². The summed E-state index contributed by atoms with van der Waals surface area (Å²) in [5.41, 5.74) is 6.32. The molecule has 30 heavy (non-hydrogen) atoms. The lowest BCUT2D eigenvalue weighted by molar-refractivity contribution is 0.0697. The highest BCUT2D eigenvalue weighted by Crippen LogP contribution is 2.47. The standard InChI is InChI=1S/C26H33NO3/c1-7-27(19-11-9-18(10-12-19)25(28)29)23-15-21-20(17(3)4)13-14-26(5,6)22(21)16-24(23)30-8-2/h9-13,15-17H,7-8,14H2,1-6H3,(H,28,29). The van der Waals surface area contributed by atoms with Gasteiger partial charge in [-0.15, -0.1) is 0 Å². The molecule has 1 aliphatic carbocycles. The minimum Gasteiger partial charge on any atom is -0.492 e. The molecule has 3 rings (SSSR count). The van der Waals surface area contributed by atoms with E-state index in [9.17, 15) is 9.90 Å². The number of hydrogen-bond acceptors (Lipinski definition) is 3. The number of carboxylic acids is 1. The van der Waals surface area contributed by atoms with Gasteiger partial charge in [-0.2, -0.15) is 0 Å². The maximum atomic E-state index is 11.2. The van der Waals surface area contributed by atoms with Crippen LogP contribution in [0.5, 0.6) is 5.75 Å². The monoisotopic (exact) mass is 407 g/mol. The summed E-state index contributed by atoms with van der Waals surface area (Å²) in [7, 11) is 0. The molecule has 4 nitrogen and oxygen atoms in total. The number of aromatic carboxylic acids is 1. The zero-order chi connectivity index (χ0) is 22.1. The van der Waals surface area contributed by atoms with Crippen LogP contribution in [0.2, 0.25) is 0 Å². The summed E-state index contributed by atoms with van der Waals surface area (Å²) in [6.45, 7) is 14.5. The predicted molar refractivity (Wildman–Crippen MR) is 124 cm³/mol. The summed E-state index contributed by atoms with van der Waals surface area (Å²) < 4.78 is 6.10. The number of rotatable bonds is 7. The van der Waals surface area contributed by atoms with E-state index in [0.717, 1.165) is 30.1 Å². The fourth-order valence-corrected chi connectivity index (χ4v) is 4.26. The van der Waals surface area contributed by atoms with Crippen LogP contribution in [0.25, 0.3) is 5.57 Å². The van der Waals surface area contributed by atoms with Gasteiger partial charge in [-0.25, -0.2) is 4.79 Å². The van der Waals surface area contributed by atoms with Crippen LogP contribution < -0.4 is 9.64 Å². The Bertz CT molecular complexity index is 955. The number of carbonyl (C=O) groups is 1. The van der Waals surface area contributed by atoms with Crippen LogP contribution in [-0.4, -0.2) is 24.2 Å². The number of fused-ring (bicyclic) bond motifs is 1. The molecule has 160 valence electrons. The van der Waals surface area contributed by atoms with Gasteiger partial charge in [0.25, 0.3) is 0 Å². The molecule has 0 spiro atoms. The van der Waals surface area contributed by atoms with Crippen molar-refractivity contribution < 1.29 is 14.6 Å². The van der Waals surface area contributed by atoms with Crippen LogP contribution >= 0.6 is 0 Å². The topological polar surface area (TPSA) is 49.8 Å². The molecule has 2 aromatic rings. The van der Waals surface area contributed by atoms with Crippen LogP contribution in [0.3, 0.4) is 0 Å². The molecule has 0 fully saturated rings. The number of nitrogens with zero attached hydrogens (tertiary/aromatic N) is 1. The number of allylic oxidation sites excluding steroid dienone is 2. The predicted octanol–water partition coefficient (Wildman–Crippen LogP) is 6.66. The smallest absolute Gasteiger partial charge is 0.335 e. The SMILES string of the molecule is CCOc1cc2c(cc1N(CC)c1ccc(C(=O)O)cc1)C(C(C)C)=CCC2(C)C. The Hall–Kier alpha value is -2.75. The zero-order valence-electron chi connectivity index (χ0n) is 19.0. The van der Waals surface area contributed by atoms with E-state index in [0.29, 0.717) is 12.5 Å². The van der Waals surface area contributed by atoms with Crippen molar-refractivity contribution in [1.82, 2.24) is 0 Å². The molecule has 1 aliphatic rings. The molecule has 0 radical (unpaired) electrons. The third kappa shape index (κ3) is 4.09. The largest absolute Gasteiger partial charge is 0.492 e. The summed E-state index contributed by atoms with van der Waals surface area (Å²) in [5, 5.41) is 9.23. The maximum Gasteiger partial charge on any atom is 0.335 e. The van der Waals surface area contributed by atoms with Crippen molar-refractivity contribution in [3.05, 3.63) is 59.2 Å². The maximum absolute atomic E-state index is 11.2. The summed E-state index contributed by atoms with van der Waals surface area (Å²) in [5.74, 6) is 0.399. The Kier molecular flexibility index (Phi) is 6.25. The summed E-state index contributed by atoms with van der Waals surface area (Å²) in [6, 6.07) is 11.5. The second kappa shape index (κ2) is 8.55. The Labute approximate surface area is 180 Å². The van der Waals surface area contributed by atoms with Crippen molar-refractivity contribution >= 4 is 22.9 Å². The highest BCUT2D eigenvalue weighted by molar-refractivity contribution is 5.88. The van der Waals surface area contributed by atoms with E-state index in [1.165, 1.54) is 16.7 Å². The van der Waals surface area contributed by atoms with Crippen LogP contribution in [-0.2, 0) is 5.41 Å². The quantitative estimate of drug-likeness (QED) is 0.557. The number of anilines is 2. The first-order valence-electron chi connectivity index (χ1n) is 10.8.